The van der Waals surface area contributed by atoms with Gasteiger partial charge in [0, 0.05) is 12.6 Å². The first kappa shape index (κ1) is 7.68. The molecule has 3 rings (SSSR count). The van der Waals surface area contributed by atoms with Gasteiger partial charge in [-0.15, -0.1) is 0 Å². The maximum atomic E-state index is 4.59. The Hall–Kier alpha value is -1.70. The van der Waals surface area contributed by atoms with E-state index in [4.69, 9.17) is 0 Å². The van der Waals surface area contributed by atoms with Crippen molar-refractivity contribution < 1.29 is 0 Å². The summed E-state index contributed by atoms with van der Waals surface area (Å²) in [5.74, 6) is 0. The SMILES string of the molecule is C1=CC(C2=Nc3ccccc3C2)N=C1. The topological polar surface area (TPSA) is 24.7 Å². The third-order valence-electron chi connectivity index (χ3n) is 2.59. The van der Waals surface area contributed by atoms with Crippen LogP contribution in [0.1, 0.15) is 5.56 Å². The first-order chi connectivity index (χ1) is 6.93. The van der Waals surface area contributed by atoms with Gasteiger partial charge in [0.25, 0.3) is 0 Å². The quantitative estimate of drug-likeness (QED) is 0.636. The van der Waals surface area contributed by atoms with Crippen LogP contribution in [-0.2, 0) is 6.42 Å². The largest absolute Gasteiger partial charge is 0.280 e. The van der Waals surface area contributed by atoms with Crippen molar-refractivity contribution in [3.05, 3.63) is 42.0 Å². The van der Waals surface area contributed by atoms with Crippen molar-refractivity contribution in [2.24, 2.45) is 9.98 Å². The molecule has 0 spiro atoms. The normalized spacial score (nSPS) is 22.6. The third kappa shape index (κ3) is 1.11. The Balaban J connectivity index is 1.95. The molecule has 1 atom stereocenters. The lowest BCUT2D eigenvalue weighted by molar-refractivity contribution is 1.08. The number of rotatable bonds is 1. The predicted octanol–water partition coefficient (Wildman–Crippen LogP) is 2.32. The van der Waals surface area contributed by atoms with Crippen molar-refractivity contribution in [2.45, 2.75) is 12.5 Å². The summed E-state index contributed by atoms with van der Waals surface area (Å²) in [5.41, 5.74) is 3.59. The molecule has 2 heterocycles. The zero-order valence-corrected chi connectivity index (χ0v) is 7.72. The van der Waals surface area contributed by atoms with E-state index in [1.165, 1.54) is 5.56 Å². The summed E-state index contributed by atoms with van der Waals surface area (Å²) >= 11 is 0. The highest BCUT2D eigenvalue weighted by Gasteiger charge is 2.20. The summed E-state index contributed by atoms with van der Waals surface area (Å²) in [6.45, 7) is 0. The van der Waals surface area contributed by atoms with Gasteiger partial charge in [0.15, 0.2) is 0 Å². The molecule has 2 nitrogen and oxygen atoms in total. The van der Waals surface area contributed by atoms with Crippen LogP contribution >= 0.6 is 0 Å². The maximum absolute atomic E-state index is 4.59. The lowest BCUT2D eigenvalue weighted by Gasteiger charge is -2.02. The fourth-order valence-electron chi connectivity index (χ4n) is 1.87. The molecule has 68 valence electrons. The summed E-state index contributed by atoms with van der Waals surface area (Å²) in [6.07, 6.45) is 6.86. The zero-order chi connectivity index (χ0) is 9.38. The number of benzene rings is 1. The molecule has 0 saturated heterocycles. The van der Waals surface area contributed by atoms with Crippen LogP contribution in [0.2, 0.25) is 0 Å². The molecule has 0 aromatic heterocycles. The summed E-state index contributed by atoms with van der Waals surface area (Å²) in [4.78, 5) is 8.92. The highest BCUT2D eigenvalue weighted by molar-refractivity contribution is 6.01. The van der Waals surface area contributed by atoms with E-state index in [2.05, 4.69) is 34.3 Å². The van der Waals surface area contributed by atoms with Gasteiger partial charge in [0.1, 0.15) is 6.04 Å². The van der Waals surface area contributed by atoms with E-state index < -0.39 is 0 Å². The summed E-state index contributed by atoms with van der Waals surface area (Å²) < 4.78 is 0. The Labute approximate surface area is 82.7 Å². The summed E-state index contributed by atoms with van der Waals surface area (Å²) in [5, 5.41) is 0. The Morgan fingerprint density at radius 1 is 1.21 bits per heavy atom. The standard InChI is InChI=1S/C12H10N2/c1-2-5-10-9(4-1)8-12(14-10)11-6-3-7-13-11/h1-7,11H,8H2. The highest BCUT2D eigenvalue weighted by atomic mass is 14.9. The number of allylic oxidation sites excluding steroid dienone is 1. The van der Waals surface area contributed by atoms with E-state index in [0.717, 1.165) is 17.8 Å². The molecule has 14 heavy (non-hydrogen) atoms. The number of fused-ring (bicyclic) bond motifs is 1. The van der Waals surface area contributed by atoms with Crippen LogP contribution in [0.15, 0.2) is 46.4 Å². The van der Waals surface area contributed by atoms with Crippen molar-refractivity contribution in [1.29, 1.82) is 0 Å². The molecule has 0 fully saturated rings. The lowest BCUT2D eigenvalue weighted by atomic mass is 10.1. The summed E-state index contributed by atoms with van der Waals surface area (Å²) in [7, 11) is 0. The van der Waals surface area contributed by atoms with Crippen molar-refractivity contribution in [2.75, 3.05) is 0 Å². The number of aliphatic imine (C=N–C) groups is 2. The van der Waals surface area contributed by atoms with Gasteiger partial charge in [0.2, 0.25) is 0 Å². The molecule has 0 radical (unpaired) electrons. The minimum atomic E-state index is 0.183. The van der Waals surface area contributed by atoms with Gasteiger partial charge >= 0.3 is 0 Å². The van der Waals surface area contributed by atoms with Crippen LogP contribution in [-0.4, -0.2) is 18.0 Å². The lowest BCUT2D eigenvalue weighted by Crippen LogP contribution is -2.14. The van der Waals surface area contributed by atoms with E-state index in [-0.39, 0.29) is 6.04 Å². The van der Waals surface area contributed by atoms with Crippen molar-refractivity contribution >= 4 is 17.6 Å². The molecule has 1 aromatic carbocycles. The van der Waals surface area contributed by atoms with Crippen LogP contribution in [0.4, 0.5) is 5.69 Å². The van der Waals surface area contributed by atoms with Crippen molar-refractivity contribution in [3.63, 3.8) is 0 Å². The zero-order valence-electron chi connectivity index (χ0n) is 7.72. The molecule has 0 N–H and O–H groups in total. The summed E-state index contributed by atoms with van der Waals surface area (Å²) in [6, 6.07) is 8.46. The van der Waals surface area contributed by atoms with Crippen LogP contribution in [0.5, 0.6) is 0 Å². The van der Waals surface area contributed by atoms with Crippen molar-refractivity contribution in [3.8, 4) is 0 Å². The van der Waals surface area contributed by atoms with Gasteiger partial charge in [-0.2, -0.15) is 0 Å². The third-order valence-corrected chi connectivity index (χ3v) is 2.59. The minimum Gasteiger partial charge on any atom is -0.280 e. The molecule has 0 saturated carbocycles. The van der Waals surface area contributed by atoms with Gasteiger partial charge < -0.3 is 0 Å². The molecule has 2 aliphatic heterocycles. The Morgan fingerprint density at radius 2 is 2.14 bits per heavy atom. The van der Waals surface area contributed by atoms with Crippen LogP contribution < -0.4 is 0 Å². The highest BCUT2D eigenvalue weighted by Crippen LogP contribution is 2.28. The fraction of sp³-hybridized carbons (Fsp3) is 0.167. The minimum absolute atomic E-state index is 0.183. The van der Waals surface area contributed by atoms with E-state index >= 15 is 0 Å². The second-order valence-corrected chi connectivity index (χ2v) is 3.54. The number of hydrogen-bond donors (Lipinski definition) is 0. The molecule has 1 unspecified atom stereocenters. The fourth-order valence-corrected chi connectivity index (χ4v) is 1.87. The molecule has 0 amide bonds. The molecule has 0 bridgehead atoms. The van der Waals surface area contributed by atoms with E-state index in [9.17, 15) is 0 Å². The number of nitrogens with zero attached hydrogens (tertiary/aromatic N) is 2. The molecular formula is C12H10N2. The Kier molecular flexibility index (Phi) is 1.60. The van der Waals surface area contributed by atoms with Crippen molar-refractivity contribution in [1.82, 2.24) is 0 Å². The molecule has 0 aliphatic carbocycles. The molecule has 2 heteroatoms. The first-order valence-electron chi connectivity index (χ1n) is 4.79. The first-order valence-corrected chi connectivity index (χ1v) is 4.79. The second kappa shape index (κ2) is 2.91. The molecular weight excluding hydrogens is 172 g/mol. The average Bonchev–Trinajstić information content (AvgIpc) is 2.86. The van der Waals surface area contributed by atoms with E-state index in [1.54, 1.807) is 0 Å². The Bertz CT molecular complexity index is 443. The van der Waals surface area contributed by atoms with Gasteiger partial charge in [-0.05, 0) is 17.7 Å². The van der Waals surface area contributed by atoms with Crippen LogP contribution in [0.3, 0.4) is 0 Å². The predicted molar refractivity (Wildman–Crippen MR) is 58.7 cm³/mol. The van der Waals surface area contributed by atoms with Gasteiger partial charge in [0.05, 0.1) is 11.4 Å². The Morgan fingerprint density at radius 3 is 2.93 bits per heavy atom. The smallest absolute Gasteiger partial charge is 0.107 e. The van der Waals surface area contributed by atoms with Crippen LogP contribution in [0, 0.1) is 0 Å². The van der Waals surface area contributed by atoms with Crippen LogP contribution in [0.25, 0.3) is 0 Å². The van der Waals surface area contributed by atoms with E-state index in [0.29, 0.717) is 0 Å². The maximum Gasteiger partial charge on any atom is 0.107 e. The van der Waals surface area contributed by atoms with Gasteiger partial charge in [-0.1, -0.05) is 24.3 Å². The molecule has 1 aromatic rings. The van der Waals surface area contributed by atoms with Gasteiger partial charge in [-0.3, -0.25) is 9.98 Å². The van der Waals surface area contributed by atoms with Gasteiger partial charge in [-0.25, -0.2) is 0 Å². The second-order valence-electron chi connectivity index (χ2n) is 3.54. The number of para-hydroxylation sites is 1. The number of hydrogen-bond acceptors (Lipinski definition) is 2. The van der Waals surface area contributed by atoms with E-state index in [1.807, 2.05) is 18.4 Å². The average molecular weight is 182 g/mol. The monoisotopic (exact) mass is 182 g/mol. The molecule has 2 aliphatic rings.